The van der Waals surface area contributed by atoms with Gasteiger partial charge in [-0.25, -0.2) is 0 Å². The molecule has 0 bridgehead atoms. The van der Waals surface area contributed by atoms with Crippen molar-refractivity contribution < 1.29 is 29.2 Å². The normalized spacial score (nSPS) is 54.6. The summed E-state index contributed by atoms with van der Waals surface area (Å²) in [5, 5.41) is 20.8. The lowest BCUT2D eigenvalue weighted by Crippen LogP contribution is -2.67. The van der Waals surface area contributed by atoms with Gasteiger partial charge in [0.1, 0.15) is 11.7 Å². The van der Waals surface area contributed by atoms with Gasteiger partial charge in [0.15, 0.2) is 0 Å². The quantitative estimate of drug-likeness (QED) is 0.574. The summed E-state index contributed by atoms with van der Waals surface area (Å²) in [6.07, 6.45) is 4.13. The molecule has 0 aromatic carbocycles. The first-order chi connectivity index (χ1) is 12.7. The third-order valence-electron chi connectivity index (χ3n) is 8.74. The first-order valence-corrected chi connectivity index (χ1v) is 10.4. The van der Waals surface area contributed by atoms with Gasteiger partial charge in [-0.1, -0.05) is 6.92 Å². The van der Waals surface area contributed by atoms with Crippen molar-refractivity contribution in [3.8, 4) is 0 Å². The van der Waals surface area contributed by atoms with Crippen LogP contribution in [0, 0.1) is 22.7 Å². The van der Waals surface area contributed by atoms with Gasteiger partial charge < -0.3 is 24.4 Å². The molecule has 6 heteroatoms. The number of rotatable bonds is 3. The molecule has 0 radical (unpaired) electrons. The molecule has 2 aliphatic heterocycles. The largest absolute Gasteiger partial charge is 0.469 e. The molecule has 6 nitrogen and oxygen atoms in total. The maximum atomic E-state index is 12.7. The van der Waals surface area contributed by atoms with Crippen LogP contribution in [0.4, 0.5) is 0 Å². The molecule has 0 aromatic rings. The molecule has 2 aliphatic carbocycles. The van der Waals surface area contributed by atoms with Gasteiger partial charge in [0.2, 0.25) is 0 Å². The fourth-order valence-electron chi connectivity index (χ4n) is 7.14. The molecule has 2 saturated carbocycles. The van der Waals surface area contributed by atoms with Crippen molar-refractivity contribution in [1.82, 2.24) is 0 Å². The van der Waals surface area contributed by atoms with Crippen molar-refractivity contribution in [3.63, 3.8) is 0 Å². The van der Waals surface area contributed by atoms with Gasteiger partial charge in [-0.05, 0) is 69.6 Å². The lowest BCUT2D eigenvalue weighted by Gasteiger charge is -2.65. The van der Waals surface area contributed by atoms with E-state index in [4.69, 9.17) is 14.2 Å². The highest BCUT2D eigenvalue weighted by Gasteiger charge is 2.68. The number of hydrogen-bond acceptors (Lipinski definition) is 6. The van der Waals surface area contributed by atoms with E-state index < -0.39 is 17.1 Å². The van der Waals surface area contributed by atoms with Gasteiger partial charge in [-0.3, -0.25) is 4.79 Å². The van der Waals surface area contributed by atoms with Crippen LogP contribution in [0.1, 0.15) is 59.3 Å². The zero-order valence-corrected chi connectivity index (χ0v) is 17.0. The minimum absolute atomic E-state index is 0.000632. The number of methoxy groups -OCH3 is 1. The van der Waals surface area contributed by atoms with Crippen LogP contribution in [0.3, 0.4) is 0 Å². The molecule has 2 saturated heterocycles. The van der Waals surface area contributed by atoms with Crippen molar-refractivity contribution in [2.75, 3.05) is 20.3 Å². The lowest BCUT2D eigenvalue weighted by molar-refractivity contribution is -0.288. The zero-order valence-electron chi connectivity index (χ0n) is 17.0. The Morgan fingerprint density at radius 3 is 2.37 bits per heavy atom. The molecular formula is C21H34O6. The van der Waals surface area contributed by atoms with Crippen LogP contribution >= 0.6 is 0 Å². The highest BCUT2D eigenvalue weighted by atomic mass is 16.6. The van der Waals surface area contributed by atoms with Gasteiger partial charge in [0, 0.05) is 0 Å². The fraction of sp³-hybridized carbons (Fsp3) is 0.952. The van der Waals surface area contributed by atoms with Crippen LogP contribution in [0.25, 0.3) is 0 Å². The molecule has 154 valence electrons. The average molecular weight is 382 g/mol. The van der Waals surface area contributed by atoms with Crippen LogP contribution in [0.5, 0.6) is 0 Å². The van der Waals surface area contributed by atoms with Crippen molar-refractivity contribution in [1.29, 1.82) is 0 Å². The lowest BCUT2D eigenvalue weighted by atomic mass is 9.43. The summed E-state index contributed by atoms with van der Waals surface area (Å²) in [4.78, 5) is 12.7. The topological polar surface area (TPSA) is 88.5 Å². The summed E-state index contributed by atoms with van der Waals surface area (Å²) in [5.74, 6) is 0.0303. The van der Waals surface area contributed by atoms with E-state index in [1.165, 1.54) is 7.11 Å². The Morgan fingerprint density at radius 1 is 1.11 bits per heavy atom. The molecule has 2 N–H and O–H groups in total. The number of carbonyl (C=O) groups is 1. The predicted octanol–water partition coefficient (Wildman–Crippen LogP) is 2.05. The van der Waals surface area contributed by atoms with E-state index in [1.807, 2.05) is 6.92 Å². The van der Waals surface area contributed by atoms with E-state index in [0.29, 0.717) is 13.0 Å². The molecule has 4 fully saturated rings. The van der Waals surface area contributed by atoms with Crippen LogP contribution in [0.2, 0.25) is 0 Å². The standard InChI is InChI=1S/C21H34O6/c1-18-8-7-15(23)20(3,17(24)25-4)14(18)5-9-19(2)13(18)6-10-21(12-22,27-19)16-11-26-16/h13-16,22-23H,5-12H2,1-4H3/t13?,14?,15-,16-,18+,19+,20-,21+/m1/s1. The second-order valence-corrected chi connectivity index (χ2v) is 9.98. The first-order valence-electron chi connectivity index (χ1n) is 10.4. The van der Waals surface area contributed by atoms with Crippen LogP contribution in [-0.2, 0) is 19.0 Å². The van der Waals surface area contributed by atoms with Crippen LogP contribution < -0.4 is 0 Å². The molecule has 2 unspecified atom stereocenters. The first kappa shape index (κ1) is 19.6. The number of hydrogen-bond donors (Lipinski definition) is 2. The summed E-state index contributed by atoms with van der Waals surface area (Å²) < 4.78 is 17.3. The van der Waals surface area contributed by atoms with Crippen molar-refractivity contribution in [2.45, 2.75) is 82.7 Å². The Balaban J connectivity index is 1.68. The minimum Gasteiger partial charge on any atom is -0.469 e. The predicted molar refractivity (Wildman–Crippen MR) is 98.0 cm³/mol. The second-order valence-electron chi connectivity index (χ2n) is 9.98. The van der Waals surface area contributed by atoms with E-state index in [-0.39, 0.29) is 41.5 Å². The highest BCUT2D eigenvalue weighted by Crippen LogP contribution is 2.66. The van der Waals surface area contributed by atoms with E-state index in [1.54, 1.807) is 0 Å². The second kappa shape index (κ2) is 6.15. The molecule has 0 spiro atoms. The molecule has 0 aromatic heterocycles. The van der Waals surface area contributed by atoms with Gasteiger partial charge >= 0.3 is 5.97 Å². The summed E-state index contributed by atoms with van der Waals surface area (Å²) in [6, 6.07) is 0. The van der Waals surface area contributed by atoms with Crippen LogP contribution in [-0.4, -0.2) is 59.9 Å². The van der Waals surface area contributed by atoms with Crippen LogP contribution in [0.15, 0.2) is 0 Å². The van der Waals surface area contributed by atoms with E-state index in [0.717, 1.165) is 32.1 Å². The fourth-order valence-corrected chi connectivity index (χ4v) is 7.14. The molecule has 2 heterocycles. The van der Waals surface area contributed by atoms with E-state index >= 15 is 0 Å². The number of fused-ring (bicyclic) bond motifs is 3. The zero-order chi connectivity index (χ0) is 19.7. The number of esters is 1. The Hall–Kier alpha value is -0.690. The number of aliphatic hydroxyl groups excluding tert-OH is 2. The van der Waals surface area contributed by atoms with Crippen molar-refractivity contribution in [3.05, 3.63) is 0 Å². The minimum atomic E-state index is -0.881. The van der Waals surface area contributed by atoms with E-state index in [2.05, 4.69) is 13.8 Å². The molecule has 4 rings (SSSR count). The number of ether oxygens (including phenoxy) is 3. The number of carbonyl (C=O) groups excluding carboxylic acids is 1. The number of epoxide rings is 1. The van der Waals surface area contributed by atoms with E-state index in [9.17, 15) is 15.0 Å². The highest BCUT2D eigenvalue weighted by molar-refractivity contribution is 5.78. The van der Waals surface area contributed by atoms with Gasteiger partial charge in [0.25, 0.3) is 0 Å². The monoisotopic (exact) mass is 382 g/mol. The van der Waals surface area contributed by atoms with Gasteiger partial charge in [0.05, 0.1) is 37.4 Å². The summed E-state index contributed by atoms with van der Waals surface area (Å²) in [6.45, 7) is 6.97. The third-order valence-corrected chi connectivity index (χ3v) is 8.74. The molecule has 27 heavy (non-hydrogen) atoms. The maximum Gasteiger partial charge on any atom is 0.314 e. The van der Waals surface area contributed by atoms with Gasteiger partial charge in [-0.15, -0.1) is 0 Å². The Morgan fingerprint density at radius 2 is 1.78 bits per heavy atom. The number of aliphatic hydroxyl groups is 2. The summed E-state index contributed by atoms with van der Waals surface area (Å²) >= 11 is 0. The SMILES string of the molecule is COC(=O)[C@]1(C)C2CC[C@]3(C)O[C@@](CO)([C@H]4CO4)CCC3[C@]2(C)CC[C@H]1O. The smallest absolute Gasteiger partial charge is 0.314 e. The van der Waals surface area contributed by atoms with Gasteiger partial charge in [-0.2, -0.15) is 0 Å². The average Bonchev–Trinajstić information content (AvgIpc) is 3.49. The molecule has 0 amide bonds. The summed E-state index contributed by atoms with van der Waals surface area (Å²) in [5.41, 5.74) is -1.93. The molecule has 4 aliphatic rings. The Bertz CT molecular complexity index is 620. The van der Waals surface area contributed by atoms with Crippen molar-refractivity contribution >= 4 is 5.97 Å². The Kier molecular flexibility index (Phi) is 4.47. The molecular weight excluding hydrogens is 348 g/mol. The maximum absolute atomic E-state index is 12.7. The summed E-state index contributed by atoms with van der Waals surface area (Å²) in [7, 11) is 1.41. The van der Waals surface area contributed by atoms with Crippen molar-refractivity contribution in [2.24, 2.45) is 22.7 Å². The Labute approximate surface area is 161 Å². The molecule has 8 atom stereocenters. The third kappa shape index (κ3) is 2.56.